The van der Waals surface area contributed by atoms with Crippen LogP contribution in [0.3, 0.4) is 0 Å². The maximum atomic E-state index is 12.4. The first-order valence-corrected chi connectivity index (χ1v) is 11.9. The standard InChI is InChI=1S/C27H25ClN6O/c1-19-17-25(33-13-15-34(16-14-33)27-29-11-4-12-30-27)32-24-9-8-21(18-22(19)24)31-26(35)10-7-20-5-2-3-6-23(20)28/h2-12,17-18H,13-16H2,1H3,(H,31,35)/b10-7+. The molecule has 0 atom stereocenters. The second kappa shape index (κ2) is 10.1. The summed E-state index contributed by atoms with van der Waals surface area (Å²) in [5.74, 6) is 1.51. The Morgan fingerprint density at radius 2 is 1.71 bits per heavy atom. The third-order valence-corrected chi connectivity index (χ3v) is 6.37. The van der Waals surface area contributed by atoms with Crippen molar-refractivity contribution in [2.24, 2.45) is 0 Å². The molecule has 1 fully saturated rings. The van der Waals surface area contributed by atoms with E-state index in [0.717, 1.165) is 65.7 Å². The van der Waals surface area contributed by atoms with Gasteiger partial charge in [0.15, 0.2) is 0 Å². The number of hydrogen-bond acceptors (Lipinski definition) is 6. The maximum Gasteiger partial charge on any atom is 0.248 e. The predicted octanol–water partition coefficient (Wildman–Crippen LogP) is 4.97. The molecule has 176 valence electrons. The number of nitrogens with zero attached hydrogens (tertiary/aromatic N) is 5. The van der Waals surface area contributed by atoms with Crippen LogP contribution in [0.15, 0.2) is 73.1 Å². The summed E-state index contributed by atoms with van der Waals surface area (Å²) in [6.45, 7) is 5.46. The third kappa shape index (κ3) is 5.25. The largest absolute Gasteiger partial charge is 0.353 e. The van der Waals surface area contributed by atoms with Crippen LogP contribution < -0.4 is 15.1 Å². The van der Waals surface area contributed by atoms with Crippen molar-refractivity contribution in [1.29, 1.82) is 0 Å². The second-order valence-electron chi connectivity index (χ2n) is 8.40. The van der Waals surface area contributed by atoms with Gasteiger partial charge in [-0.3, -0.25) is 4.79 Å². The first-order valence-electron chi connectivity index (χ1n) is 11.5. The fourth-order valence-electron chi connectivity index (χ4n) is 4.17. The van der Waals surface area contributed by atoms with Gasteiger partial charge in [-0.05, 0) is 60.5 Å². The highest BCUT2D eigenvalue weighted by atomic mass is 35.5. The molecule has 0 spiro atoms. The minimum atomic E-state index is -0.216. The van der Waals surface area contributed by atoms with Crippen LogP contribution in [0.2, 0.25) is 5.02 Å². The highest BCUT2D eigenvalue weighted by molar-refractivity contribution is 6.32. The number of benzene rings is 2. The quantitative estimate of drug-likeness (QED) is 0.403. The van der Waals surface area contributed by atoms with Crippen molar-refractivity contribution in [3.8, 4) is 0 Å². The van der Waals surface area contributed by atoms with E-state index in [1.54, 1.807) is 24.5 Å². The molecule has 0 saturated carbocycles. The van der Waals surface area contributed by atoms with E-state index in [1.165, 1.54) is 6.08 Å². The average Bonchev–Trinajstić information content (AvgIpc) is 2.89. The normalized spacial score (nSPS) is 14.0. The van der Waals surface area contributed by atoms with Gasteiger partial charge in [-0.1, -0.05) is 29.8 Å². The number of aryl methyl sites for hydroxylation is 1. The molecule has 1 saturated heterocycles. The van der Waals surface area contributed by atoms with Crippen molar-refractivity contribution in [2.45, 2.75) is 6.92 Å². The lowest BCUT2D eigenvalue weighted by atomic mass is 10.1. The van der Waals surface area contributed by atoms with Crippen molar-refractivity contribution in [1.82, 2.24) is 15.0 Å². The van der Waals surface area contributed by atoms with Gasteiger partial charge in [0.05, 0.1) is 5.52 Å². The van der Waals surface area contributed by atoms with E-state index in [4.69, 9.17) is 16.6 Å². The summed E-state index contributed by atoms with van der Waals surface area (Å²) in [4.78, 5) is 30.5. The van der Waals surface area contributed by atoms with Gasteiger partial charge >= 0.3 is 0 Å². The maximum absolute atomic E-state index is 12.4. The van der Waals surface area contributed by atoms with Crippen LogP contribution in [0.1, 0.15) is 11.1 Å². The van der Waals surface area contributed by atoms with Gasteiger partial charge in [0.1, 0.15) is 5.82 Å². The average molecular weight is 485 g/mol. The molecule has 0 aliphatic carbocycles. The molecule has 1 amide bonds. The summed E-state index contributed by atoms with van der Waals surface area (Å²) in [5, 5.41) is 4.54. The molecule has 1 aliphatic heterocycles. The van der Waals surface area contributed by atoms with E-state index < -0.39 is 0 Å². The minimum Gasteiger partial charge on any atom is -0.353 e. The molecule has 4 aromatic rings. The van der Waals surface area contributed by atoms with Crippen LogP contribution in [0.5, 0.6) is 0 Å². The Bertz CT molecular complexity index is 1380. The Morgan fingerprint density at radius 1 is 0.971 bits per heavy atom. The van der Waals surface area contributed by atoms with Crippen molar-refractivity contribution >= 4 is 51.9 Å². The monoisotopic (exact) mass is 484 g/mol. The lowest BCUT2D eigenvalue weighted by Crippen LogP contribution is -2.47. The molecule has 3 heterocycles. The van der Waals surface area contributed by atoms with Crippen molar-refractivity contribution < 1.29 is 4.79 Å². The first-order chi connectivity index (χ1) is 17.1. The van der Waals surface area contributed by atoms with Gasteiger partial charge in [0.2, 0.25) is 11.9 Å². The number of piperazine rings is 1. The highest BCUT2D eigenvalue weighted by Gasteiger charge is 2.20. The number of anilines is 3. The van der Waals surface area contributed by atoms with E-state index in [2.05, 4.69) is 38.1 Å². The molecular weight excluding hydrogens is 460 g/mol. The topological polar surface area (TPSA) is 74.2 Å². The molecule has 0 unspecified atom stereocenters. The summed E-state index contributed by atoms with van der Waals surface area (Å²) in [5.41, 5.74) is 3.54. The summed E-state index contributed by atoms with van der Waals surface area (Å²) in [7, 11) is 0. The lowest BCUT2D eigenvalue weighted by molar-refractivity contribution is -0.111. The molecule has 1 N–H and O–H groups in total. The molecule has 0 bridgehead atoms. The zero-order valence-corrected chi connectivity index (χ0v) is 20.1. The second-order valence-corrected chi connectivity index (χ2v) is 8.80. The number of rotatable bonds is 5. The van der Waals surface area contributed by atoms with E-state index in [1.807, 2.05) is 42.5 Å². The zero-order chi connectivity index (χ0) is 24.2. The molecule has 5 rings (SSSR count). The van der Waals surface area contributed by atoms with Crippen LogP contribution in [0, 0.1) is 6.92 Å². The summed E-state index contributed by atoms with van der Waals surface area (Å²) >= 11 is 6.15. The molecule has 0 radical (unpaired) electrons. The number of pyridine rings is 1. The van der Waals surface area contributed by atoms with Crippen LogP contribution in [0.4, 0.5) is 17.5 Å². The van der Waals surface area contributed by atoms with Gasteiger partial charge in [0.25, 0.3) is 0 Å². The van der Waals surface area contributed by atoms with Gasteiger partial charge < -0.3 is 15.1 Å². The van der Waals surface area contributed by atoms with E-state index >= 15 is 0 Å². The van der Waals surface area contributed by atoms with Crippen LogP contribution in [-0.4, -0.2) is 47.0 Å². The van der Waals surface area contributed by atoms with Crippen LogP contribution in [-0.2, 0) is 4.79 Å². The Kier molecular flexibility index (Phi) is 6.59. The summed E-state index contributed by atoms with van der Waals surface area (Å²) in [6.07, 6.45) is 6.74. The minimum absolute atomic E-state index is 0.216. The Labute approximate surface area is 209 Å². The summed E-state index contributed by atoms with van der Waals surface area (Å²) in [6, 6.07) is 17.1. The Hall–Kier alpha value is -3.97. The van der Waals surface area contributed by atoms with Gasteiger partial charge in [-0.2, -0.15) is 0 Å². The number of halogens is 1. The van der Waals surface area contributed by atoms with Crippen LogP contribution in [0.25, 0.3) is 17.0 Å². The number of amides is 1. The molecule has 2 aromatic carbocycles. The highest BCUT2D eigenvalue weighted by Crippen LogP contribution is 2.26. The lowest BCUT2D eigenvalue weighted by Gasteiger charge is -2.35. The molecule has 35 heavy (non-hydrogen) atoms. The zero-order valence-electron chi connectivity index (χ0n) is 19.4. The van der Waals surface area contributed by atoms with E-state index in [9.17, 15) is 4.79 Å². The first kappa shape index (κ1) is 22.8. The molecule has 7 nitrogen and oxygen atoms in total. The Morgan fingerprint density at radius 3 is 2.49 bits per heavy atom. The van der Waals surface area contributed by atoms with Crippen LogP contribution >= 0.6 is 11.6 Å². The number of hydrogen-bond donors (Lipinski definition) is 1. The van der Waals surface area contributed by atoms with Crippen molar-refractivity contribution in [2.75, 3.05) is 41.3 Å². The molecule has 8 heteroatoms. The van der Waals surface area contributed by atoms with E-state index in [0.29, 0.717) is 5.02 Å². The van der Waals surface area contributed by atoms with Gasteiger partial charge in [0, 0.05) is 60.7 Å². The number of aromatic nitrogens is 3. The smallest absolute Gasteiger partial charge is 0.248 e. The predicted molar refractivity (Wildman–Crippen MR) is 142 cm³/mol. The third-order valence-electron chi connectivity index (χ3n) is 6.03. The molecular formula is C27H25ClN6O. The van der Waals surface area contributed by atoms with Crippen molar-refractivity contribution in [3.63, 3.8) is 0 Å². The summed E-state index contributed by atoms with van der Waals surface area (Å²) < 4.78 is 0. The fraction of sp³-hybridized carbons (Fsp3) is 0.185. The molecule has 2 aromatic heterocycles. The van der Waals surface area contributed by atoms with E-state index in [-0.39, 0.29) is 5.91 Å². The Balaban J connectivity index is 1.27. The number of carbonyl (C=O) groups is 1. The fourth-order valence-corrected chi connectivity index (χ4v) is 4.36. The number of nitrogens with one attached hydrogen (secondary N) is 1. The molecule has 1 aliphatic rings. The SMILES string of the molecule is Cc1cc(N2CCN(c3ncccn3)CC2)nc2ccc(NC(=O)/C=C/c3ccccc3Cl)cc12. The van der Waals surface area contributed by atoms with Gasteiger partial charge in [-0.15, -0.1) is 0 Å². The number of fused-ring (bicyclic) bond motifs is 1. The van der Waals surface area contributed by atoms with Crippen molar-refractivity contribution in [3.05, 3.63) is 89.2 Å². The number of carbonyl (C=O) groups excluding carboxylic acids is 1. The van der Waals surface area contributed by atoms with Gasteiger partial charge in [-0.25, -0.2) is 15.0 Å².